The Hall–Kier alpha value is -1.81. The van der Waals surface area contributed by atoms with Crippen LogP contribution in [0, 0.1) is 6.92 Å². The predicted octanol–water partition coefficient (Wildman–Crippen LogP) is 6.78. The maximum absolute atomic E-state index is 6.15. The van der Waals surface area contributed by atoms with Crippen LogP contribution in [0.3, 0.4) is 0 Å². The predicted molar refractivity (Wildman–Crippen MR) is 127 cm³/mol. The van der Waals surface area contributed by atoms with Gasteiger partial charge in [-0.25, -0.2) is 0 Å². The molecule has 2 aromatic carbocycles. The number of hydrogen-bond acceptors (Lipinski definition) is 3. The molecule has 3 nitrogen and oxygen atoms in total. The lowest BCUT2D eigenvalue weighted by atomic mass is 9.95. The van der Waals surface area contributed by atoms with Crippen molar-refractivity contribution in [2.45, 2.75) is 33.1 Å². The SMILES string of the molecule is CCN(CC)CC[C@@H](CNc1c(C)cnc2cc(Cl)ccc12)c1ccc(Cl)cc1. The average molecular weight is 430 g/mol. The van der Waals surface area contributed by atoms with Gasteiger partial charge in [0.15, 0.2) is 0 Å². The summed E-state index contributed by atoms with van der Waals surface area (Å²) in [5.41, 5.74) is 4.50. The summed E-state index contributed by atoms with van der Waals surface area (Å²) in [5, 5.41) is 6.30. The summed E-state index contributed by atoms with van der Waals surface area (Å²) in [4.78, 5) is 7.00. The van der Waals surface area contributed by atoms with E-state index < -0.39 is 0 Å². The van der Waals surface area contributed by atoms with Gasteiger partial charge in [0.25, 0.3) is 0 Å². The standard InChI is InChI=1S/C24H29Cl2N3/c1-4-29(5-2)13-12-19(18-6-8-20(25)9-7-18)16-28-24-17(3)15-27-23-14-21(26)10-11-22(23)24/h6-11,14-15,19H,4-5,12-13,16H2,1-3H3,(H,27,28)/t19-/m0/s1. The highest BCUT2D eigenvalue weighted by Crippen LogP contribution is 2.29. The Morgan fingerprint density at radius 1 is 1.00 bits per heavy atom. The second kappa shape index (κ2) is 10.3. The molecule has 0 saturated heterocycles. The zero-order valence-electron chi connectivity index (χ0n) is 17.4. The number of halogens is 2. The normalized spacial score (nSPS) is 12.5. The van der Waals surface area contributed by atoms with E-state index in [2.05, 4.69) is 48.1 Å². The van der Waals surface area contributed by atoms with Crippen LogP contribution in [0.25, 0.3) is 10.9 Å². The second-order valence-electron chi connectivity index (χ2n) is 7.42. The Kier molecular flexibility index (Phi) is 7.77. The highest BCUT2D eigenvalue weighted by Gasteiger charge is 2.15. The summed E-state index contributed by atoms with van der Waals surface area (Å²) in [5.74, 6) is 0.391. The molecule has 1 aromatic heterocycles. The first-order valence-corrected chi connectivity index (χ1v) is 11.0. The highest BCUT2D eigenvalue weighted by atomic mass is 35.5. The number of hydrogen-bond donors (Lipinski definition) is 1. The van der Waals surface area contributed by atoms with Crippen molar-refractivity contribution >= 4 is 39.8 Å². The van der Waals surface area contributed by atoms with Gasteiger partial charge in [0.2, 0.25) is 0 Å². The number of rotatable bonds is 9. The van der Waals surface area contributed by atoms with Crippen molar-refractivity contribution in [1.29, 1.82) is 0 Å². The van der Waals surface area contributed by atoms with Gasteiger partial charge in [0.1, 0.15) is 0 Å². The number of pyridine rings is 1. The maximum Gasteiger partial charge on any atom is 0.0737 e. The minimum absolute atomic E-state index is 0.391. The van der Waals surface area contributed by atoms with Crippen molar-refractivity contribution in [3.8, 4) is 0 Å². The highest BCUT2D eigenvalue weighted by molar-refractivity contribution is 6.31. The molecular formula is C24H29Cl2N3. The zero-order valence-corrected chi connectivity index (χ0v) is 18.9. The van der Waals surface area contributed by atoms with Crippen LogP contribution in [0.2, 0.25) is 10.0 Å². The first-order valence-electron chi connectivity index (χ1n) is 10.3. The molecular weight excluding hydrogens is 401 g/mol. The van der Waals surface area contributed by atoms with Crippen LogP contribution >= 0.6 is 23.2 Å². The van der Waals surface area contributed by atoms with E-state index in [4.69, 9.17) is 23.2 Å². The van der Waals surface area contributed by atoms with Crippen molar-refractivity contribution in [2.24, 2.45) is 0 Å². The molecule has 3 rings (SSSR count). The fourth-order valence-electron chi connectivity index (χ4n) is 3.73. The second-order valence-corrected chi connectivity index (χ2v) is 8.30. The molecule has 0 spiro atoms. The molecule has 0 aliphatic rings. The van der Waals surface area contributed by atoms with E-state index in [0.29, 0.717) is 10.9 Å². The summed E-state index contributed by atoms with van der Waals surface area (Å²) in [6.07, 6.45) is 3.00. The first kappa shape index (κ1) is 21.9. The van der Waals surface area contributed by atoms with E-state index in [9.17, 15) is 0 Å². The lowest BCUT2D eigenvalue weighted by Gasteiger charge is -2.24. The van der Waals surface area contributed by atoms with E-state index in [0.717, 1.165) is 59.8 Å². The van der Waals surface area contributed by atoms with Crippen LogP contribution in [0.5, 0.6) is 0 Å². The van der Waals surface area contributed by atoms with Crippen molar-refractivity contribution in [3.63, 3.8) is 0 Å². The van der Waals surface area contributed by atoms with E-state index >= 15 is 0 Å². The third kappa shape index (κ3) is 5.63. The molecule has 1 atom stereocenters. The van der Waals surface area contributed by atoms with Crippen LogP contribution in [0.15, 0.2) is 48.7 Å². The minimum Gasteiger partial charge on any atom is -0.384 e. The number of benzene rings is 2. The molecule has 0 radical (unpaired) electrons. The quantitative estimate of drug-likeness (QED) is 0.406. The molecule has 0 unspecified atom stereocenters. The Morgan fingerprint density at radius 2 is 1.69 bits per heavy atom. The molecule has 3 aromatic rings. The van der Waals surface area contributed by atoms with Gasteiger partial charge in [0.05, 0.1) is 5.52 Å². The zero-order chi connectivity index (χ0) is 20.8. The summed E-state index contributed by atoms with van der Waals surface area (Å²) < 4.78 is 0. The number of aromatic nitrogens is 1. The molecule has 0 aliphatic heterocycles. The number of fused-ring (bicyclic) bond motifs is 1. The van der Waals surface area contributed by atoms with Gasteiger partial charge in [0, 0.05) is 39.8 Å². The van der Waals surface area contributed by atoms with Crippen LogP contribution in [0.1, 0.15) is 37.3 Å². The summed E-state index contributed by atoms with van der Waals surface area (Å²) >= 11 is 12.3. The van der Waals surface area contributed by atoms with Crippen molar-refractivity contribution in [1.82, 2.24) is 9.88 Å². The molecule has 29 heavy (non-hydrogen) atoms. The fourth-order valence-corrected chi connectivity index (χ4v) is 4.02. The van der Waals surface area contributed by atoms with Crippen molar-refractivity contribution in [2.75, 3.05) is 31.5 Å². The molecule has 0 amide bonds. The van der Waals surface area contributed by atoms with Crippen LogP contribution in [0.4, 0.5) is 5.69 Å². The molecule has 0 fully saturated rings. The largest absolute Gasteiger partial charge is 0.384 e. The Morgan fingerprint density at radius 3 is 2.38 bits per heavy atom. The fraction of sp³-hybridized carbons (Fsp3) is 0.375. The number of nitrogens with zero attached hydrogens (tertiary/aromatic N) is 2. The summed E-state index contributed by atoms with van der Waals surface area (Å²) in [6, 6.07) is 14.1. The molecule has 1 N–H and O–H groups in total. The molecule has 5 heteroatoms. The van der Waals surface area contributed by atoms with Crippen molar-refractivity contribution < 1.29 is 0 Å². The molecule has 1 heterocycles. The van der Waals surface area contributed by atoms with Gasteiger partial charge < -0.3 is 10.2 Å². The van der Waals surface area contributed by atoms with E-state index in [1.54, 1.807) is 0 Å². The molecule has 0 bridgehead atoms. The van der Waals surface area contributed by atoms with Gasteiger partial charge in [-0.05, 0) is 74.4 Å². The van der Waals surface area contributed by atoms with Crippen molar-refractivity contribution in [3.05, 3.63) is 69.8 Å². The lowest BCUT2D eigenvalue weighted by Crippen LogP contribution is -2.27. The molecule has 154 valence electrons. The summed E-state index contributed by atoms with van der Waals surface area (Å²) in [6.45, 7) is 10.6. The van der Waals surface area contributed by atoms with Gasteiger partial charge in [-0.3, -0.25) is 4.98 Å². The monoisotopic (exact) mass is 429 g/mol. The lowest BCUT2D eigenvalue weighted by molar-refractivity contribution is 0.291. The maximum atomic E-state index is 6.15. The van der Waals surface area contributed by atoms with Gasteiger partial charge in [-0.2, -0.15) is 0 Å². The third-order valence-electron chi connectivity index (χ3n) is 5.58. The summed E-state index contributed by atoms with van der Waals surface area (Å²) in [7, 11) is 0. The van der Waals surface area contributed by atoms with E-state index in [-0.39, 0.29) is 0 Å². The van der Waals surface area contributed by atoms with Gasteiger partial charge in [-0.1, -0.05) is 49.2 Å². The number of aryl methyl sites for hydroxylation is 1. The van der Waals surface area contributed by atoms with Gasteiger partial charge >= 0.3 is 0 Å². The molecule has 0 saturated carbocycles. The minimum atomic E-state index is 0.391. The topological polar surface area (TPSA) is 28.2 Å². The van der Waals surface area contributed by atoms with Gasteiger partial charge in [-0.15, -0.1) is 0 Å². The van der Waals surface area contributed by atoms with Crippen LogP contribution in [-0.4, -0.2) is 36.1 Å². The Labute approximate surface area is 184 Å². The average Bonchev–Trinajstić information content (AvgIpc) is 2.73. The first-order chi connectivity index (χ1) is 14.0. The Balaban J connectivity index is 1.83. The van der Waals surface area contributed by atoms with E-state index in [1.807, 2.05) is 36.5 Å². The number of nitrogens with one attached hydrogen (secondary N) is 1. The number of anilines is 1. The third-order valence-corrected chi connectivity index (χ3v) is 6.06. The van der Waals surface area contributed by atoms with Crippen LogP contribution < -0.4 is 5.32 Å². The van der Waals surface area contributed by atoms with Crippen LogP contribution in [-0.2, 0) is 0 Å². The molecule has 0 aliphatic carbocycles. The smallest absolute Gasteiger partial charge is 0.0737 e. The van der Waals surface area contributed by atoms with E-state index in [1.165, 1.54) is 5.56 Å². The Bertz CT molecular complexity index is 937.